The Kier molecular flexibility index (Phi) is 12.7. The standard InChI is InChI=1S/C8H18O3S.C8H13O2S/c1-2-3-4-5-6-7-8-12(9,10)11;1-7(9)6-11-4-2-8(10)3-5-11/h2-8H2,1H3,(H,9,10,11);2-6H2,1H3/q;+1/p-1. The summed E-state index contributed by atoms with van der Waals surface area (Å²) in [6, 6.07) is 0. The normalized spacial score (nSPS) is 15.9. The van der Waals surface area contributed by atoms with Crippen molar-refractivity contribution in [1.29, 1.82) is 0 Å². The molecule has 1 saturated heterocycles. The first-order valence-corrected chi connectivity index (χ1v) is 11.6. The van der Waals surface area contributed by atoms with E-state index < -0.39 is 10.1 Å². The molecular weight excluding hydrogens is 336 g/mol. The third-order valence-electron chi connectivity index (χ3n) is 3.49. The van der Waals surface area contributed by atoms with Crippen molar-refractivity contribution in [2.75, 3.05) is 23.0 Å². The average molecular weight is 367 g/mol. The van der Waals surface area contributed by atoms with Gasteiger partial charge in [0, 0.05) is 5.75 Å². The summed E-state index contributed by atoms with van der Waals surface area (Å²) in [7, 11) is -3.73. The zero-order valence-electron chi connectivity index (χ0n) is 14.3. The highest BCUT2D eigenvalue weighted by Crippen LogP contribution is 2.10. The number of hydrogen-bond acceptors (Lipinski definition) is 5. The second kappa shape index (κ2) is 13.0. The minimum absolute atomic E-state index is 0.195. The van der Waals surface area contributed by atoms with Gasteiger partial charge in [0.2, 0.25) is 0 Å². The van der Waals surface area contributed by atoms with Gasteiger partial charge in [-0.15, -0.1) is 0 Å². The molecule has 136 valence electrons. The summed E-state index contributed by atoms with van der Waals surface area (Å²) in [6.45, 7) is 3.76. The molecule has 7 heteroatoms. The van der Waals surface area contributed by atoms with Crippen LogP contribution in [0.5, 0.6) is 0 Å². The smallest absolute Gasteiger partial charge is 0.178 e. The molecule has 0 amide bonds. The zero-order chi connectivity index (χ0) is 17.7. The molecule has 1 heterocycles. The van der Waals surface area contributed by atoms with Crippen LogP contribution in [0.15, 0.2) is 0 Å². The number of unbranched alkanes of at least 4 members (excludes halogenated alkanes) is 5. The Bertz CT molecular complexity index is 435. The van der Waals surface area contributed by atoms with Crippen LogP contribution in [0.2, 0.25) is 0 Å². The van der Waals surface area contributed by atoms with Gasteiger partial charge in [-0.3, -0.25) is 9.59 Å². The summed E-state index contributed by atoms with van der Waals surface area (Å²) < 4.78 is 30.5. The number of Topliss-reactive ketones (excluding diaryl/α,β-unsaturated/α-hetero) is 2. The molecule has 0 aromatic rings. The Morgan fingerprint density at radius 1 is 1.09 bits per heavy atom. The molecule has 0 unspecified atom stereocenters. The van der Waals surface area contributed by atoms with E-state index in [0.29, 0.717) is 30.8 Å². The largest absolute Gasteiger partial charge is 0.748 e. The van der Waals surface area contributed by atoms with Gasteiger partial charge in [-0.05, 0) is 24.2 Å². The fourth-order valence-corrected chi connectivity index (χ4v) is 4.89. The van der Waals surface area contributed by atoms with Gasteiger partial charge in [0.05, 0.1) is 23.0 Å². The third kappa shape index (κ3) is 16.2. The first-order valence-electron chi connectivity index (χ1n) is 8.33. The molecule has 1 rings (SSSR count). The summed E-state index contributed by atoms with van der Waals surface area (Å²) in [4.78, 5) is 21.5. The van der Waals surface area contributed by atoms with Gasteiger partial charge in [0.25, 0.3) is 0 Å². The predicted molar refractivity (Wildman–Crippen MR) is 94.8 cm³/mol. The first kappa shape index (κ1) is 22.6. The fraction of sp³-hybridized carbons (Fsp3) is 0.875. The van der Waals surface area contributed by atoms with Gasteiger partial charge in [-0.2, -0.15) is 0 Å². The number of carbonyl (C=O) groups excluding carboxylic acids is 2. The summed E-state index contributed by atoms with van der Waals surface area (Å²) in [5, 5.41) is 0. The lowest BCUT2D eigenvalue weighted by Gasteiger charge is -2.11. The number of hydrogen-bond donors (Lipinski definition) is 0. The molecular formula is C16H30O5S2. The van der Waals surface area contributed by atoms with Crippen molar-refractivity contribution in [3.63, 3.8) is 0 Å². The zero-order valence-corrected chi connectivity index (χ0v) is 16.0. The van der Waals surface area contributed by atoms with Gasteiger partial charge in [-0.1, -0.05) is 39.0 Å². The quantitative estimate of drug-likeness (QED) is 0.355. The lowest BCUT2D eigenvalue weighted by atomic mass is 10.1. The van der Waals surface area contributed by atoms with Crippen molar-refractivity contribution in [1.82, 2.24) is 0 Å². The minimum Gasteiger partial charge on any atom is -0.748 e. The van der Waals surface area contributed by atoms with Crippen molar-refractivity contribution in [3.05, 3.63) is 0 Å². The third-order valence-corrected chi connectivity index (χ3v) is 6.66. The van der Waals surface area contributed by atoms with Crippen LogP contribution in [0.25, 0.3) is 0 Å². The van der Waals surface area contributed by atoms with Crippen LogP contribution in [-0.4, -0.2) is 47.5 Å². The van der Waals surface area contributed by atoms with Crippen molar-refractivity contribution < 1.29 is 22.6 Å². The van der Waals surface area contributed by atoms with Crippen molar-refractivity contribution in [2.24, 2.45) is 0 Å². The molecule has 0 saturated carbocycles. The molecule has 1 fully saturated rings. The highest BCUT2D eigenvalue weighted by atomic mass is 32.2. The van der Waals surface area contributed by atoms with E-state index >= 15 is 0 Å². The number of ketones is 2. The van der Waals surface area contributed by atoms with E-state index in [1.54, 1.807) is 6.92 Å². The molecule has 1 aliphatic heterocycles. The number of carbonyl (C=O) groups is 2. The summed E-state index contributed by atoms with van der Waals surface area (Å²) in [5.41, 5.74) is 0. The molecule has 0 aromatic carbocycles. The van der Waals surface area contributed by atoms with E-state index in [0.717, 1.165) is 30.8 Å². The number of rotatable bonds is 9. The Morgan fingerprint density at radius 3 is 2.09 bits per heavy atom. The van der Waals surface area contributed by atoms with Crippen LogP contribution in [0.4, 0.5) is 0 Å². The SMILES string of the molecule is CC(=O)C[S+]1CCC(=O)CC1.CCCCCCCCS(=O)(=O)[O-]. The van der Waals surface area contributed by atoms with E-state index in [2.05, 4.69) is 6.92 Å². The Hall–Kier alpha value is -0.400. The highest BCUT2D eigenvalue weighted by molar-refractivity contribution is 7.97. The summed E-state index contributed by atoms with van der Waals surface area (Å²) >= 11 is 0. The van der Waals surface area contributed by atoms with Gasteiger partial charge in [-0.25, -0.2) is 8.42 Å². The minimum atomic E-state index is -3.97. The topological polar surface area (TPSA) is 91.3 Å². The summed E-state index contributed by atoms with van der Waals surface area (Å²) in [6.07, 6.45) is 7.37. The average Bonchev–Trinajstić information content (AvgIpc) is 2.44. The lowest BCUT2D eigenvalue weighted by molar-refractivity contribution is -0.118. The Balaban J connectivity index is 0.000000422. The summed E-state index contributed by atoms with van der Waals surface area (Å²) in [5.74, 6) is 3.06. The van der Waals surface area contributed by atoms with E-state index in [1.165, 1.54) is 12.8 Å². The van der Waals surface area contributed by atoms with Gasteiger partial charge >= 0.3 is 0 Å². The molecule has 0 bridgehead atoms. The second-order valence-corrected chi connectivity index (χ2v) is 9.79. The van der Waals surface area contributed by atoms with Crippen LogP contribution in [-0.2, 0) is 30.6 Å². The molecule has 0 radical (unpaired) electrons. The lowest BCUT2D eigenvalue weighted by Crippen LogP contribution is -2.28. The van der Waals surface area contributed by atoms with Gasteiger partial charge in [0.15, 0.2) is 11.5 Å². The van der Waals surface area contributed by atoms with E-state index in [1.807, 2.05) is 0 Å². The molecule has 23 heavy (non-hydrogen) atoms. The molecule has 0 N–H and O–H groups in total. The van der Waals surface area contributed by atoms with Crippen LogP contribution in [0.3, 0.4) is 0 Å². The van der Waals surface area contributed by atoms with Gasteiger partial charge < -0.3 is 4.55 Å². The Morgan fingerprint density at radius 2 is 1.61 bits per heavy atom. The van der Waals surface area contributed by atoms with E-state index in [-0.39, 0.29) is 22.4 Å². The fourth-order valence-electron chi connectivity index (χ4n) is 2.23. The van der Waals surface area contributed by atoms with Crippen LogP contribution in [0, 0.1) is 0 Å². The monoisotopic (exact) mass is 366 g/mol. The molecule has 0 aromatic heterocycles. The predicted octanol–water partition coefficient (Wildman–Crippen LogP) is 2.45. The highest BCUT2D eigenvalue weighted by Gasteiger charge is 2.27. The van der Waals surface area contributed by atoms with Crippen LogP contribution >= 0.6 is 0 Å². The molecule has 5 nitrogen and oxygen atoms in total. The van der Waals surface area contributed by atoms with Gasteiger partial charge in [0.1, 0.15) is 17.3 Å². The second-order valence-electron chi connectivity index (χ2n) is 5.94. The maximum absolute atomic E-state index is 10.8. The van der Waals surface area contributed by atoms with Crippen LogP contribution < -0.4 is 0 Å². The molecule has 1 aliphatic rings. The van der Waals surface area contributed by atoms with Crippen LogP contribution in [0.1, 0.15) is 65.2 Å². The van der Waals surface area contributed by atoms with E-state index in [4.69, 9.17) is 0 Å². The van der Waals surface area contributed by atoms with Crippen molar-refractivity contribution in [3.8, 4) is 0 Å². The Labute approximate surface area is 143 Å². The first-order chi connectivity index (χ1) is 10.7. The maximum atomic E-state index is 10.8. The molecule has 0 aliphatic carbocycles. The molecule has 0 atom stereocenters. The maximum Gasteiger partial charge on any atom is 0.178 e. The van der Waals surface area contributed by atoms with Crippen molar-refractivity contribution >= 4 is 32.6 Å². The van der Waals surface area contributed by atoms with E-state index in [9.17, 15) is 22.6 Å². The molecule has 0 spiro atoms. The van der Waals surface area contributed by atoms with Crippen molar-refractivity contribution in [2.45, 2.75) is 65.2 Å².